The van der Waals surface area contributed by atoms with Crippen LogP contribution in [0.5, 0.6) is 11.5 Å². The molecule has 6 rings (SSSR count). The molecule has 0 saturated carbocycles. The van der Waals surface area contributed by atoms with Crippen LogP contribution in [0, 0.1) is 11.7 Å². The van der Waals surface area contributed by atoms with Crippen molar-refractivity contribution >= 4 is 52.2 Å². The Kier molecular flexibility index (Phi) is 7.10. The van der Waals surface area contributed by atoms with Crippen molar-refractivity contribution in [1.82, 2.24) is 4.98 Å². The smallest absolute Gasteiger partial charge is 0.305 e. The van der Waals surface area contributed by atoms with Crippen molar-refractivity contribution in [1.29, 1.82) is 0 Å². The molecule has 1 saturated heterocycles. The number of imide groups is 1. The Morgan fingerprint density at radius 1 is 0.951 bits per heavy atom. The minimum atomic E-state index is -0.721. The van der Waals surface area contributed by atoms with Gasteiger partial charge in [-0.1, -0.05) is 35.2 Å². The second-order valence-corrected chi connectivity index (χ2v) is 11.5. The summed E-state index contributed by atoms with van der Waals surface area (Å²) in [5.41, 5.74) is 1.63. The molecule has 0 radical (unpaired) electrons. The second-order valence-electron chi connectivity index (χ2n) is 9.37. The maximum Gasteiger partial charge on any atom is 0.305 e. The molecule has 2 aliphatic heterocycles. The Bertz CT molecular complexity index is 1690. The summed E-state index contributed by atoms with van der Waals surface area (Å²) >= 11 is 2.24. The third-order valence-electron chi connectivity index (χ3n) is 6.89. The van der Waals surface area contributed by atoms with Crippen molar-refractivity contribution < 1.29 is 28.2 Å². The Labute approximate surface area is 241 Å². The van der Waals surface area contributed by atoms with Crippen LogP contribution >= 0.6 is 23.1 Å². The molecule has 0 bridgehead atoms. The molecule has 3 amide bonds. The van der Waals surface area contributed by atoms with E-state index in [-0.39, 0.29) is 23.3 Å². The molecule has 0 aliphatic carbocycles. The lowest BCUT2D eigenvalue weighted by Crippen LogP contribution is -2.32. The summed E-state index contributed by atoms with van der Waals surface area (Å²) in [4.78, 5) is 56.4. The van der Waals surface area contributed by atoms with Crippen LogP contribution in [0.4, 0.5) is 15.8 Å². The lowest BCUT2D eigenvalue weighted by atomic mass is 9.83. The Morgan fingerprint density at radius 3 is 2.32 bits per heavy atom. The van der Waals surface area contributed by atoms with Gasteiger partial charge in [-0.05, 0) is 66.2 Å². The Hall–Kier alpha value is -4.42. The molecule has 3 heterocycles. The van der Waals surface area contributed by atoms with Crippen molar-refractivity contribution in [2.45, 2.75) is 16.2 Å². The predicted molar refractivity (Wildman–Crippen MR) is 152 cm³/mol. The van der Waals surface area contributed by atoms with Gasteiger partial charge in [0.25, 0.3) is 5.91 Å². The van der Waals surface area contributed by atoms with Gasteiger partial charge in [0.1, 0.15) is 22.6 Å². The monoisotopic (exact) mass is 591 g/mol. The lowest BCUT2D eigenvalue weighted by Gasteiger charge is -2.29. The molecule has 2 N–H and O–H groups in total. The summed E-state index contributed by atoms with van der Waals surface area (Å²) in [5.74, 6) is -1.73. The van der Waals surface area contributed by atoms with E-state index < -0.39 is 28.8 Å². The van der Waals surface area contributed by atoms with Crippen LogP contribution < -0.4 is 24.6 Å². The maximum absolute atomic E-state index is 13.8. The highest BCUT2D eigenvalue weighted by Gasteiger charge is 2.56. The fourth-order valence-electron chi connectivity index (χ4n) is 5.01. The lowest BCUT2D eigenvalue weighted by molar-refractivity contribution is -0.122. The average molecular weight is 592 g/mol. The van der Waals surface area contributed by atoms with Gasteiger partial charge in [0.2, 0.25) is 11.8 Å². The van der Waals surface area contributed by atoms with Crippen molar-refractivity contribution in [3.8, 4) is 11.5 Å². The van der Waals surface area contributed by atoms with Gasteiger partial charge >= 0.3 is 4.87 Å². The first-order chi connectivity index (χ1) is 19.8. The number of methoxy groups -OCH3 is 1. The molecule has 41 heavy (non-hydrogen) atoms. The third kappa shape index (κ3) is 5.11. The standard InChI is InChI=1S/C29H22FN3O6S2/c1-38-19-12-8-18(9-13-19)33-27(35)23-22(24-26(32-29(37)41-24)40-25(23)28(33)36)15-2-10-20(11-3-15)39-14-21(34)31-17-6-4-16(30)5-7-17/h2-13,22-23,25H,14H2,1H3,(H,31,34)(H,32,37)/t22-,23?,25?/m1/s1. The molecule has 2 aliphatic rings. The van der Waals surface area contributed by atoms with Gasteiger partial charge in [-0.3, -0.25) is 19.2 Å². The van der Waals surface area contributed by atoms with Crippen LogP contribution in [0.1, 0.15) is 16.4 Å². The van der Waals surface area contributed by atoms with Crippen LogP contribution in [0.2, 0.25) is 0 Å². The minimum absolute atomic E-state index is 0.258. The summed E-state index contributed by atoms with van der Waals surface area (Å²) in [7, 11) is 1.54. The highest BCUT2D eigenvalue weighted by molar-refractivity contribution is 8.00. The summed E-state index contributed by atoms with van der Waals surface area (Å²) < 4.78 is 23.9. The fraction of sp³-hybridized carbons (Fsp3) is 0.172. The zero-order valence-electron chi connectivity index (χ0n) is 21.5. The number of fused-ring (bicyclic) bond motifs is 2. The first-order valence-electron chi connectivity index (χ1n) is 12.5. The number of H-pyrrole nitrogens is 1. The van der Waals surface area contributed by atoms with Crippen LogP contribution in [0.25, 0.3) is 0 Å². The first-order valence-corrected chi connectivity index (χ1v) is 14.2. The van der Waals surface area contributed by atoms with Crippen molar-refractivity contribution in [2.24, 2.45) is 5.92 Å². The quantitative estimate of drug-likeness (QED) is 0.306. The highest BCUT2D eigenvalue weighted by atomic mass is 32.2. The zero-order chi connectivity index (χ0) is 28.7. The molecule has 1 aromatic heterocycles. The number of carbonyl (C=O) groups excluding carboxylic acids is 3. The summed E-state index contributed by atoms with van der Waals surface area (Å²) in [6.45, 7) is -0.269. The Morgan fingerprint density at radius 2 is 1.63 bits per heavy atom. The van der Waals surface area contributed by atoms with E-state index in [0.29, 0.717) is 32.8 Å². The van der Waals surface area contributed by atoms with Gasteiger partial charge in [0, 0.05) is 16.5 Å². The van der Waals surface area contributed by atoms with Crippen molar-refractivity contribution in [3.63, 3.8) is 0 Å². The van der Waals surface area contributed by atoms with E-state index in [9.17, 15) is 23.6 Å². The van der Waals surface area contributed by atoms with E-state index in [1.807, 2.05) is 0 Å². The van der Waals surface area contributed by atoms with E-state index >= 15 is 0 Å². The number of aromatic nitrogens is 1. The second kappa shape index (κ2) is 10.9. The summed E-state index contributed by atoms with van der Waals surface area (Å²) in [6.07, 6.45) is 0. The number of ether oxygens (including phenoxy) is 2. The number of hydrogen-bond acceptors (Lipinski definition) is 8. The van der Waals surface area contributed by atoms with Crippen molar-refractivity contribution in [3.05, 3.63) is 98.7 Å². The van der Waals surface area contributed by atoms with Crippen LogP contribution in [0.15, 0.2) is 82.6 Å². The molecule has 2 unspecified atom stereocenters. The van der Waals surface area contributed by atoms with E-state index in [1.54, 1.807) is 48.5 Å². The SMILES string of the molecule is COc1ccc(N2C(=O)C3Sc4[nH]c(=O)sc4[C@H](c4ccc(OCC(=O)Nc5ccc(F)cc5)cc4)C3C2=O)cc1. The molecule has 12 heteroatoms. The largest absolute Gasteiger partial charge is 0.497 e. The molecular formula is C29H22FN3O6S2. The normalized spacial score (nSPS) is 19.5. The number of nitrogens with one attached hydrogen (secondary N) is 2. The minimum Gasteiger partial charge on any atom is -0.497 e. The number of amides is 3. The summed E-state index contributed by atoms with van der Waals surface area (Å²) in [5, 5.41) is 2.50. The van der Waals surface area contributed by atoms with E-state index in [2.05, 4.69) is 10.3 Å². The van der Waals surface area contributed by atoms with Gasteiger partial charge in [-0.15, -0.1) is 0 Å². The average Bonchev–Trinajstić information content (AvgIpc) is 3.47. The van der Waals surface area contributed by atoms with Crippen LogP contribution in [-0.2, 0) is 14.4 Å². The zero-order valence-corrected chi connectivity index (χ0v) is 23.1. The van der Waals surface area contributed by atoms with Gasteiger partial charge in [0.05, 0.1) is 23.7 Å². The molecule has 9 nitrogen and oxygen atoms in total. The number of rotatable bonds is 7. The van der Waals surface area contributed by atoms with Gasteiger partial charge < -0.3 is 19.8 Å². The van der Waals surface area contributed by atoms with Gasteiger partial charge in [0.15, 0.2) is 6.61 Å². The molecule has 208 valence electrons. The van der Waals surface area contributed by atoms with Crippen LogP contribution in [-0.4, -0.2) is 41.7 Å². The Balaban J connectivity index is 1.23. The molecule has 3 aromatic carbocycles. The number of thioether (sulfide) groups is 1. The van der Waals surface area contributed by atoms with E-state index in [0.717, 1.165) is 16.9 Å². The number of thiazole rings is 1. The number of anilines is 2. The molecule has 3 atom stereocenters. The number of nitrogens with zero attached hydrogens (tertiary/aromatic N) is 1. The maximum atomic E-state index is 13.8. The fourth-order valence-corrected chi connectivity index (χ4v) is 7.53. The highest BCUT2D eigenvalue weighted by Crippen LogP contribution is 2.53. The number of hydrogen-bond donors (Lipinski definition) is 2. The van der Waals surface area contributed by atoms with Crippen molar-refractivity contribution in [2.75, 3.05) is 23.9 Å². The first kappa shape index (κ1) is 26.8. The van der Waals surface area contributed by atoms with Crippen LogP contribution in [0.3, 0.4) is 0 Å². The number of halogens is 1. The van der Waals surface area contributed by atoms with E-state index in [4.69, 9.17) is 9.47 Å². The number of carbonyl (C=O) groups is 3. The predicted octanol–water partition coefficient (Wildman–Crippen LogP) is 4.40. The number of aromatic amines is 1. The molecular weight excluding hydrogens is 569 g/mol. The van der Waals surface area contributed by atoms with E-state index in [1.165, 1.54) is 48.0 Å². The van der Waals surface area contributed by atoms with Gasteiger partial charge in [-0.25, -0.2) is 9.29 Å². The molecule has 4 aromatic rings. The molecule has 1 fully saturated rings. The molecule has 0 spiro atoms. The topological polar surface area (TPSA) is 118 Å². The third-order valence-corrected chi connectivity index (χ3v) is 9.29. The van der Waals surface area contributed by atoms with Gasteiger partial charge in [-0.2, -0.15) is 0 Å². The summed E-state index contributed by atoms with van der Waals surface area (Å²) in [6, 6.07) is 19.0. The number of benzene rings is 3.